The Balaban J connectivity index is 1.43. The summed E-state index contributed by atoms with van der Waals surface area (Å²) in [5, 5.41) is 3.40. The molecule has 1 aromatic heterocycles. The number of fused-ring (bicyclic) bond motifs is 2. The molecule has 0 saturated carbocycles. The number of benzene rings is 2. The second-order valence-electron chi connectivity index (χ2n) is 8.16. The number of imidazole rings is 1. The largest absolute Gasteiger partial charge is 0.496 e. The number of methoxy groups -OCH3 is 2. The SMILES string of the molecule is COc1cc(OC)c2c(c1Cl)O[C@@]1(C(=O)C=C(NCc3nc4ccccc4[nH]3)C[C@H]1C)C2=O. The van der Waals surface area contributed by atoms with Crippen LogP contribution in [0.5, 0.6) is 17.2 Å². The Morgan fingerprint density at radius 1 is 1.24 bits per heavy atom. The van der Waals surface area contributed by atoms with Crippen molar-refractivity contribution in [1.29, 1.82) is 0 Å². The Morgan fingerprint density at radius 3 is 2.70 bits per heavy atom. The van der Waals surface area contributed by atoms with E-state index in [2.05, 4.69) is 15.3 Å². The van der Waals surface area contributed by atoms with Gasteiger partial charge in [-0.15, -0.1) is 0 Å². The first-order chi connectivity index (χ1) is 15.9. The molecule has 1 aliphatic heterocycles. The van der Waals surface area contributed by atoms with Crippen molar-refractivity contribution < 1.29 is 23.8 Å². The first-order valence-electron chi connectivity index (χ1n) is 10.5. The number of rotatable bonds is 5. The minimum Gasteiger partial charge on any atom is -0.496 e. The number of aromatic nitrogens is 2. The van der Waals surface area contributed by atoms with Crippen LogP contribution in [0.25, 0.3) is 11.0 Å². The molecule has 1 aliphatic carbocycles. The van der Waals surface area contributed by atoms with Crippen molar-refractivity contribution >= 4 is 34.2 Å². The fourth-order valence-corrected chi connectivity index (χ4v) is 4.80. The van der Waals surface area contributed by atoms with Gasteiger partial charge in [-0.05, 0) is 18.6 Å². The van der Waals surface area contributed by atoms with E-state index < -0.39 is 23.1 Å². The van der Waals surface area contributed by atoms with E-state index in [0.29, 0.717) is 24.4 Å². The maximum atomic E-state index is 13.5. The maximum Gasteiger partial charge on any atom is 0.236 e. The van der Waals surface area contributed by atoms with Crippen LogP contribution in [0.3, 0.4) is 0 Å². The molecule has 2 atom stereocenters. The molecule has 0 fully saturated rings. The monoisotopic (exact) mass is 467 g/mol. The van der Waals surface area contributed by atoms with Crippen molar-refractivity contribution in [1.82, 2.24) is 15.3 Å². The number of halogens is 1. The highest BCUT2D eigenvalue weighted by molar-refractivity contribution is 6.36. The van der Waals surface area contributed by atoms with Crippen LogP contribution in [-0.4, -0.2) is 41.4 Å². The van der Waals surface area contributed by atoms with Gasteiger partial charge in [-0.25, -0.2) is 4.98 Å². The Labute approximate surface area is 194 Å². The molecule has 5 rings (SSSR count). The lowest BCUT2D eigenvalue weighted by Crippen LogP contribution is -2.55. The molecule has 33 heavy (non-hydrogen) atoms. The van der Waals surface area contributed by atoms with E-state index in [0.717, 1.165) is 16.9 Å². The highest BCUT2D eigenvalue weighted by Crippen LogP contribution is 2.52. The second kappa shape index (κ2) is 7.81. The van der Waals surface area contributed by atoms with Crippen molar-refractivity contribution in [2.45, 2.75) is 25.5 Å². The van der Waals surface area contributed by atoms with E-state index in [-0.39, 0.29) is 22.1 Å². The molecule has 2 heterocycles. The van der Waals surface area contributed by atoms with Crippen LogP contribution in [0.2, 0.25) is 5.02 Å². The van der Waals surface area contributed by atoms with Crippen molar-refractivity contribution in [3.63, 3.8) is 0 Å². The van der Waals surface area contributed by atoms with E-state index in [4.69, 9.17) is 25.8 Å². The van der Waals surface area contributed by atoms with E-state index >= 15 is 0 Å². The predicted octanol–water partition coefficient (Wildman–Crippen LogP) is 3.83. The van der Waals surface area contributed by atoms with E-state index in [1.165, 1.54) is 26.4 Å². The molecule has 0 amide bonds. The molecule has 8 nitrogen and oxygen atoms in total. The summed E-state index contributed by atoms with van der Waals surface area (Å²) >= 11 is 6.42. The zero-order valence-corrected chi connectivity index (χ0v) is 19.1. The molecule has 0 radical (unpaired) electrons. The number of allylic oxidation sites excluding steroid dienone is 1. The van der Waals surface area contributed by atoms with Crippen molar-refractivity contribution in [2.24, 2.45) is 5.92 Å². The third-order valence-corrected chi connectivity index (χ3v) is 6.59. The van der Waals surface area contributed by atoms with Crippen LogP contribution in [0.15, 0.2) is 42.1 Å². The quantitative estimate of drug-likeness (QED) is 0.550. The minimum atomic E-state index is -1.68. The third-order valence-electron chi connectivity index (χ3n) is 6.23. The number of nitrogens with one attached hydrogen (secondary N) is 2. The standard InChI is InChI=1S/C24H22ClN3O5/c1-12-8-13(26-11-19-27-14-6-4-5-7-15(14)28-19)9-18(29)24(12)23(30)20-16(31-2)10-17(32-3)21(25)22(20)33-24/h4-7,9-10,12,26H,8,11H2,1-3H3,(H,27,28)/t12-,24+/m1/s1. The highest BCUT2D eigenvalue weighted by atomic mass is 35.5. The van der Waals surface area contributed by atoms with Crippen molar-refractivity contribution in [3.8, 4) is 17.2 Å². The normalized spacial score (nSPS) is 21.7. The molecule has 2 aliphatic rings. The lowest BCUT2D eigenvalue weighted by Gasteiger charge is -2.35. The summed E-state index contributed by atoms with van der Waals surface area (Å²) in [5.41, 5.74) is 1.01. The van der Waals surface area contributed by atoms with Gasteiger partial charge in [0.15, 0.2) is 5.75 Å². The highest BCUT2D eigenvalue weighted by Gasteiger charge is 2.60. The van der Waals surface area contributed by atoms with Gasteiger partial charge in [0.1, 0.15) is 27.9 Å². The number of nitrogens with zero attached hydrogens (tertiary/aromatic N) is 1. The van der Waals surface area contributed by atoms with Crippen LogP contribution in [-0.2, 0) is 11.3 Å². The van der Waals surface area contributed by atoms with Crippen molar-refractivity contribution in [2.75, 3.05) is 14.2 Å². The average molecular weight is 468 g/mol. The number of aromatic amines is 1. The maximum absolute atomic E-state index is 13.5. The zero-order valence-electron chi connectivity index (χ0n) is 18.3. The second-order valence-corrected chi connectivity index (χ2v) is 8.54. The number of carbonyl (C=O) groups excluding carboxylic acids is 2. The summed E-state index contributed by atoms with van der Waals surface area (Å²) in [7, 11) is 2.89. The minimum absolute atomic E-state index is 0.116. The Morgan fingerprint density at radius 2 is 2.00 bits per heavy atom. The Kier molecular flexibility index (Phi) is 5.05. The lowest BCUT2D eigenvalue weighted by molar-refractivity contribution is -0.129. The summed E-state index contributed by atoms with van der Waals surface area (Å²) in [6, 6.07) is 9.28. The topological polar surface area (TPSA) is 103 Å². The van der Waals surface area contributed by atoms with Crippen molar-refractivity contribution in [3.05, 3.63) is 58.5 Å². The molecule has 0 unspecified atom stereocenters. The average Bonchev–Trinajstić information content (AvgIpc) is 3.36. The van der Waals surface area contributed by atoms with Gasteiger partial charge in [0.2, 0.25) is 17.2 Å². The molecule has 2 N–H and O–H groups in total. The summed E-state index contributed by atoms with van der Waals surface area (Å²) in [6.07, 6.45) is 1.87. The van der Waals surface area contributed by atoms with Crippen LogP contribution < -0.4 is 19.5 Å². The molecule has 170 valence electrons. The summed E-state index contributed by atoms with van der Waals surface area (Å²) < 4.78 is 16.7. The first-order valence-corrected chi connectivity index (χ1v) is 10.9. The number of ether oxygens (including phenoxy) is 3. The number of ketones is 2. The van der Waals surface area contributed by atoms with Gasteiger partial charge in [0.05, 0.1) is 31.8 Å². The third kappa shape index (κ3) is 3.16. The van der Waals surface area contributed by atoms with Gasteiger partial charge in [0.25, 0.3) is 0 Å². The van der Waals surface area contributed by atoms with Gasteiger partial charge >= 0.3 is 0 Å². The Hall–Kier alpha value is -3.52. The van der Waals surface area contributed by atoms with Crippen LogP contribution in [0.4, 0.5) is 0 Å². The van der Waals surface area contributed by atoms with Gasteiger partial charge in [0, 0.05) is 23.8 Å². The number of hydrogen-bond acceptors (Lipinski definition) is 7. The number of H-pyrrole nitrogens is 1. The molecule has 1 spiro atoms. The van der Waals surface area contributed by atoms with Gasteiger partial charge in [-0.3, -0.25) is 9.59 Å². The predicted molar refractivity (Wildman–Crippen MR) is 122 cm³/mol. The smallest absolute Gasteiger partial charge is 0.236 e. The molecular formula is C24H22ClN3O5. The number of carbonyl (C=O) groups is 2. The summed E-state index contributed by atoms with van der Waals surface area (Å²) in [6.45, 7) is 2.23. The number of Topliss-reactive ketones (excluding diaryl/α,β-unsaturated/α-hetero) is 1. The summed E-state index contributed by atoms with van der Waals surface area (Å²) in [4.78, 5) is 34.6. The fourth-order valence-electron chi connectivity index (χ4n) is 4.54. The molecule has 3 aromatic rings. The van der Waals surface area contributed by atoms with Gasteiger partial charge < -0.3 is 24.5 Å². The van der Waals surface area contributed by atoms with E-state index in [1.54, 1.807) is 0 Å². The molecule has 9 heteroatoms. The van der Waals surface area contributed by atoms with E-state index in [9.17, 15) is 9.59 Å². The first kappa shape index (κ1) is 21.3. The van der Waals surface area contributed by atoms with Gasteiger partial charge in [-0.2, -0.15) is 0 Å². The van der Waals surface area contributed by atoms with Crippen LogP contribution >= 0.6 is 11.6 Å². The van der Waals surface area contributed by atoms with Crippen LogP contribution in [0.1, 0.15) is 29.5 Å². The molecule has 2 aromatic carbocycles. The Bertz CT molecular complexity index is 1300. The van der Waals surface area contributed by atoms with E-state index in [1.807, 2.05) is 31.2 Å². The summed E-state index contributed by atoms with van der Waals surface area (Å²) in [5.74, 6) is 0.0880. The number of para-hydroxylation sites is 2. The molecule has 0 saturated heterocycles. The lowest BCUT2D eigenvalue weighted by atomic mass is 9.74. The molecule has 0 bridgehead atoms. The van der Waals surface area contributed by atoms with Crippen LogP contribution in [0, 0.1) is 5.92 Å². The van der Waals surface area contributed by atoms with Gasteiger partial charge in [-0.1, -0.05) is 30.7 Å². The fraction of sp³-hybridized carbons (Fsp3) is 0.292. The zero-order chi connectivity index (χ0) is 23.3. The molecular weight excluding hydrogens is 446 g/mol. The number of hydrogen-bond donors (Lipinski definition) is 2.